The second-order valence-corrected chi connectivity index (χ2v) is 5.31. The van der Waals surface area contributed by atoms with Gasteiger partial charge in [-0.1, -0.05) is 19.3 Å². The molecule has 0 radical (unpaired) electrons. The van der Waals surface area contributed by atoms with Gasteiger partial charge in [0.2, 0.25) is 0 Å². The van der Waals surface area contributed by atoms with E-state index in [9.17, 15) is 13.2 Å². The zero-order valence-corrected chi connectivity index (χ0v) is 11.4. The van der Waals surface area contributed by atoms with Crippen LogP contribution in [0.2, 0.25) is 0 Å². The van der Waals surface area contributed by atoms with Gasteiger partial charge in [-0.05, 0) is 43.0 Å². The van der Waals surface area contributed by atoms with Gasteiger partial charge in [0.05, 0.1) is 0 Å². The lowest BCUT2D eigenvalue weighted by Gasteiger charge is -2.22. The van der Waals surface area contributed by atoms with E-state index >= 15 is 0 Å². The molecule has 1 saturated carbocycles. The zero-order valence-electron chi connectivity index (χ0n) is 11.4. The smallest absolute Gasteiger partial charge is 0.422 e. The van der Waals surface area contributed by atoms with Crippen molar-refractivity contribution in [2.75, 3.05) is 18.5 Å². The van der Waals surface area contributed by atoms with Gasteiger partial charge in [0.15, 0.2) is 6.61 Å². The van der Waals surface area contributed by atoms with Crippen molar-refractivity contribution in [3.63, 3.8) is 0 Å². The molecule has 0 aromatic heterocycles. The molecule has 1 aliphatic carbocycles. The lowest BCUT2D eigenvalue weighted by molar-refractivity contribution is -0.153. The van der Waals surface area contributed by atoms with Crippen molar-refractivity contribution >= 4 is 5.69 Å². The standard InChI is InChI=1S/C15H20F3NO/c16-15(17,18)11-20-14-8-6-13(7-9-14)19-10-12-4-2-1-3-5-12/h6-9,12,19H,1-5,10-11H2. The summed E-state index contributed by atoms with van der Waals surface area (Å²) in [5, 5.41) is 3.34. The maximum absolute atomic E-state index is 12.0. The van der Waals surface area contributed by atoms with E-state index in [4.69, 9.17) is 0 Å². The van der Waals surface area contributed by atoms with E-state index in [1.54, 1.807) is 24.3 Å². The summed E-state index contributed by atoms with van der Waals surface area (Å²) in [6.45, 7) is -0.315. The van der Waals surface area contributed by atoms with Crippen LogP contribution in [0.3, 0.4) is 0 Å². The number of hydrogen-bond donors (Lipinski definition) is 1. The SMILES string of the molecule is FC(F)(F)COc1ccc(NCC2CCCCC2)cc1. The van der Waals surface area contributed by atoms with Crippen LogP contribution in [0.5, 0.6) is 5.75 Å². The molecule has 1 aliphatic rings. The van der Waals surface area contributed by atoms with Gasteiger partial charge in [-0.3, -0.25) is 0 Å². The summed E-state index contributed by atoms with van der Waals surface area (Å²) in [7, 11) is 0. The zero-order chi connectivity index (χ0) is 14.4. The third kappa shape index (κ3) is 5.31. The van der Waals surface area contributed by atoms with Crippen molar-refractivity contribution < 1.29 is 17.9 Å². The molecule has 0 heterocycles. The Labute approximate surface area is 117 Å². The minimum absolute atomic E-state index is 0.241. The highest BCUT2D eigenvalue weighted by Crippen LogP contribution is 2.25. The molecule has 0 amide bonds. The van der Waals surface area contributed by atoms with Crippen molar-refractivity contribution in [3.8, 4) is 5.75 Å². The second-order valence-electron chi connectivity index (χ2n) is 5.31. The van der Waals surface area contributed by atoms with Crippen LogP contribution < -0.4 is 10.1 Å². The fraction of sp³-hybridized carbons (Fsp3) is 0.600. The Balaban J connectivity index is 1.76. The molecule has 0 spiro atoms. The monoisotopic (exact) mass is 287 g/mol. The first-order valence-corrected chi connectivity index (χ1v) is 7.06. The Bertz CT molecular complexity index is 397. The van der Waals surface area contributed by atoms with Gasteiger partial charge >= 0.3 is 6.18 Å². The molecule has 20 heavy (non-hydrogen) atoms. The quantitative estimate of drug-likeness (QED) is 0.853. The molecule has 5 heteroatoms. The fourth-order valence-electron chi connectivity index (χ4n) is 2.49. The maximum Gasteiger partial charge on any atom is 0.422 e. The first-order chi connectivity index (χ1) is 9.53. The van der Waals surface area contributed by atoms with E-state index in [2.05, 4.69) is 10.1 Å². The van der Waals surface area contributed by atoms with Crippen LogP contribution in [0, 0.1) is 5.92 Å². The number of ether oxygens (including phenoxy) is 1. The van der Waals surface area contributed by atoms with E-state index in [1.165, 1.54) is 32.1 Å². The molecule has 0 atom stereocenters. The van der Waals surface area contributed by atoms with E-state index in [1.807, 2.05) is 0 Å². The number of hydrogen-bond acceptors (Lipinski definition) is 2. The average Bonchev–Trinajstić information content (AvgIpc) is 2.44. The molecule has 0 saturated heterocycles. The predicted molar refractivity (Wildman–Crippen MR) is 73.1 cm³/mol. The van der Waals surface area contributed by atoms with Gasteiger partial charge in [-0.25, -0.2) is 0 Å². The average molecular weight is 287 g/mol. The van der Waals surface area contributed by atoms with E-state index in [-0.39, 0.29) is 5.75 Å². The first kappa shape index (κ1) is 15.0. The van der Waals surface area contributed by atoms with Crippen molar-refractivity contribution in [3.05, 3.63) is 24.3 Å². The Kier molecular flexibility index (Phi) is 5.15. The fourth-order valence-corrected chi connectivity index (χ4v) is 2.49. The number of nitrogens with one attached hydrogen (secondary N) is 1. The van der Waals surface area contributed by atoms with Gasteiger partial charge < -0.3 is 10.1 Å². The van der Waals surface area contributed by atoms with Gasteiger partial charge in [0, 0.05) is 12.2 Å². The maximum atomic E-state index is 12.0. The normalized spacial score (nSPS) is 16.9. The van der Waals surface area contributed by atoms with Crippen molar-refractivity contribution in [1.82, 2.24) is 0 Å². The Morgan fingerprint density at radius 3 is 2.30 bits per heavy atom. The minimum Gasteiger partial charge on any atom is -0.484 e. The summed E-state index contributed by atoms with van der Waals surface area (Å²) in [4.78, 5) is 0. The van der Waals surface area contributed by atoms with E-state index in [0.717, 1.165) is 12.2 Å². The van der Waals surface area contributed by atoms with Crippen LogP contribution in [0.25, 0.3) is 0 Å². The number of rotatable bonds is 5. The molecule has 1 N–H and O–H groups in total. The van der Waals surface area contributed by atoms with Gasteiger partial charge in [0.1, 0.15) is 5.75 Å². The third-order valence-electron chi connectivity index (χ3n) is 3.58. The van der Waals surface area contributed by atoms with Crippen LogP contribution in [0.1, 0.15) is 32.1 Å². The van der Waals surface area contributed by atoms with Gasteiger partial charge in [0.25, 0.3) is 0 Å². The topological polar surface area (TPSA) is 21.3 Å². The highest BCUT2D eigenvalue weighted by Gasteiger charge is 2.28. The summed E-state index contributed by atoms with van der Waals surface area (Å²) in [6.07, 6.45) is 2.17. The molecule has 1 fully saturated rings. The molecule has 0 unspecified atom stereocenters. The molecule has 1 aromatic carbocycles. The van der Waals surface area contributed by atoms with Crippen LogP contribution in [0.4, 0.5) is 18.9 Å². The second kappa shape index (κ2) is 6.86. The van der Waals surface area contributed by atoms with Crippen LogP contribution in [0.15, 0.2) is 24.3 Å². The number of benzene rings is 1. The summed E-state index contributed by atoms with van der Waals surface area (Å²) in [6, 6.07) is 6.65. The lowest BCUT2D eigenvalue weighted by atomic mass is 9.89. The summed E-state index contributed by atoms with van der Waals surface area (Å²) in [5.41, 5.74) is 0.926. The molecule has 2 nitrogen and oxygen atoms in total. The molecular formula is C15H20F3NO. The molecule has 1 aromatic rings. The third-order valence-corrected chi connectivity index (χ3v) is 3.58. The van der Waals surface area contributed by atoms with Crippen LogP contribution >= 0.6 is 0 Å². The Hall–Kier alpha value is -1.39. The Morgan fingerprint density at radius 1 is 1.05 bits per heavy atom. The van der Waals surface area contributed by atoms with Crippen LogP contribution in [-0.4, -0.2) is 19.3 Å². The largest absolute Gasteiger partial charge is 0.484 e. The highest BCUT2D eigenvalue weighted by molar-refractivity contribution is 5.46. The van der Waals surface area contributed by atoms with E-state index in [0.29, 0.717) is 5.92 Å². The molecule has 0 aliphatic heterocycles. The van der Waals surface area contributed by atoms with Gasteiger partial charge in [-0.15, -0.1) is 0 Å². The number of halogens is 3. The minimum atomic E-state index is -4.29. The predicted octanol–water partition coefficient (Wildman–Crippen LogP) is 4.62. The van der Waals surface area contributed by atoms with Crippen molar-refractivity contribution in [2.24, 2.45) is 5.92 Å². The molecule has 0 bridgehead atoms. The Morgan fingerprint density at radius 2 is 1.70 bits per heavy atom. The molecular weight excluding hydrogens is 267 g/mol. The van der Waals surface area contributed by atoms with Crippen LogP contribution in [-0.2, 0) is 0 Å². The van der Waals surface area contributed by atoms with Crippen molar-refractivity contribution in [2.45, 2.75) is 38.3 Å². The van der Waals surface area contributed by atoms with Gasteiger partial charge in [-0.2, -0.15) is 13.2 Å². The first-order valence-electron chi connectivity index (χ1n) is 7.06. The van der Waals surface area contributed by atoms with Crippen molar-refractivity contribution in [1.29, 1.82) is 0 Å². The number of alkyl halides is 3. The summed E-state index contributed by atoms with van der Waals surface area (Å²) < 4.78 is 40.7. The molecule has 112 valence electrons. The molecule has 2 rings (SSSR count). The number of anilines is 1. The summed E-state index contributed by atoms with van der Waals surface area (Å²) >= 11 is 0. The summed E-state index contributed by atoms with van der Waals surface area (Å²) in [5.74, 6) is 0.954. The lowest BCUT2D eigenvalue weighted by Crippen LogP contribution is -2.19. The highest BCUT2D eigenvalue weighted by atomic mass is 19.4. The van der Waals surface area contributed by atoms with E-state index < -0.39 is 12.8 Å².